The lowest BCUT2D eigenvalue weighted by molar-refractivity contribution is -0.141. The van der Waals surface area contributed by atoms with Crippen molar-refractivity contribution in [1.29, 1.82) is 0 Å². The third-order valence-corrected chi connectivity index (χ3v) is 11.8. The second kappa shape index (κ2) is 25.2. The molecule has 68 heavy (non-hydrogen) atoms. The van der Waals surface area contributed by atoms with Crippen LogP contribution in [0.5, 0.6) is 0 Å². The quantitative estimate of drug-likeness (QED) is 0.0159. The largest absolute Gasteiger partial charge is 0.480 e. The summed E-state index contributed by atoms with van der Waals surface area (Å²) in [5.74, 6) is -6.23. The molecule has 362 valence electrons. The number of aromatic amines is 2. The second-order valence-corrected chi connectivity index (χ2v) is 16.8. The van der Waals surface area contributed by atoms with Gasteiger partial charge in [-0.15, -0.1) is 0 Å². The number of carboxylic acid groups (broad SMARTS) is 1. The molecule has 0 unspecified atom stereocenters. The molecular formula is C46H58N12O8S2. The van der Waals surface area contributed by atoms with E-state index in [0.717, 1.165) is 21.8 Å². The Bertz CT molecular complexity index is 2580. The first-order valence-corrected chi connectivity index (χ1v) is 23.1. The first-order chi connectivity index (χ1) is 32.6. The number of nitrogens with one attached hydrogen (secondary N) is 8. The lowest BCUT2D eigenvalue weighted by atomic mass is 10.0. The molecule has 6 amide bonds. The first-order valence-electron chi connectivity index (χ1n) is 21.8. The van der Waals surface area contributed by atoms with E-state index in [0.29, 0.717) is 16.7 Å². The smallest absolute Gasteiger partial charge is 0.327 e. The maximum Gasteiger partial charge on any atom is 0.327 e. The van der Waals surface area contributed by atoms with Gasteiger partial charge in [-0.2, -0.15) is 25.3 Å². The van der Waals surface area contributed by atoms with Gasteiger partial charge in [-0.1, -0.05) is 66.7 Å². The van der Waals surface area contributed by atoms with Crippen molar-refractivity contribution in [3.05, 3.63) is 108 Å². The molecule has 20 nitrogen and oxygen atoms in total. The van der Waals surface area contributed by atoms with Crippen LogP contribution in [-0.2, 0) is 52.8 Å². The zero-order valence-electron chi connectivity index (χ0n) is 37.2. The summed E-state index contributed by atoms with van der Waals surface area (Å²) in [6.07, 6.45) is 3.35. The van der Waals surface area contributed by atoms with Crippen molar-refractivity contribution in [2.75, 3.05) is 18.1 Å². The fourth-order valence-corrected chi connectivity index (χ4v) is 7.74. The van der Waals surface area contributed by atoms with Crippen molar-refractivity contribution in [1.82, 2.24) is 41.9 Å². The Morgan fingerprint density at radius 1 is 0.588 bits per heavy atom. The number of hydrogen-bond donors (Lipinski definition) is 14. The monoisotopic (exact) mass is 970 g/mol. The van der Waals surface area contributed by atoms with Gasteiger partial charge in [-0.05, 0) is 48.6 Å². The third-order valence-electron chi connectivity index (χ3n) is 11.0. The average molecular weight is 971 g/mol. The number of carbonyl (C=O) groups excluding carboxylic acids is 6. The van der Waals surface area contributed by atoms with Gasteiger partial charge in [-0.25, -0.2) is 4.79 Å². The Morgan fingerprint density at radius 3 is 1.54 bits per heavy atom. The number of amides is 6. The van der Waals surface area contributed by atoms with Gasteiger partial charge < -0.3 is 64.2 Å². The zero-order chi connectivity index (χ0) is 49.3. The topological polar surface area (TPSA) is 334 Å². The third kappa shape index (κ3) is 14.7. The van der Waals surface area contributed by atoms with Crippen LogP contribution in [0.25, 0.3) is 21.8 Å². The minimum absolute atomic E-state index is 0.0277. The van der Waals surface area contributed by atoms with E-state index >= 15 is 0 Å². The molecular weight excluding hydrogens is 913 g/mol. The molecule has 0 saturated carbocycles. The highest BCUT2D eigenvalue weighted by atomic mass is 32.1. The summed E-state index contributed by atoms with van der Waals surface area (Å²) in [4.78, 5) is 106. The Labute approximate surface area is 403 Å². The van der Waals surface area contributed by atoms with Crippen LogP contribution in [0, 0.1) is 0 Å². The Kier molecular flexibility index (Phi) is 19.2. The number of guanidine groups is 1. The van der Waals surface area contributed by atoms with Crippen LogP contribution in [0.2, 0.25) is 0 Å². The van der Waals surface area contributed by atoms with Crippen LogP contribution in [0.1, 0.15) is 36.5 Å². The number of thiol groups is 2. The minimum atomic E-state index is -1.38. The Balaban J connectivity index is 1.45. The summed E-state index contributed by atoms with van der Waals surface area (Å²) in [5, 5.41) is 27.2. The van der Waals surface area contributed by atoms with Crippen LogP contribution >= 0.6 is 25.3 Å². The van der Waals surface area contributed by atoms with Crippen LogP contribution < -0.4 is 49.1 Å². The predicted octanol–water partition coefficient (Wildman–Crippen LogP) is -0.0691. The zero-order valence-corrected chi connectivity index (χ0v) is 39.0. The number of hydrogen-bond acceptors (Lipinski definition) is 11. The van der Waals surface area contributed by atoms with Gasteiger partial charge in [0.25, 0.3) is 0 Å². The Hall–Kier alpha value is -7.04. The lowest BCUT2D eigenvalue weighted by Crippen LogP contribution is -2.60. The molecule has 2 aromatic heterocycles. The highest BCUT2D eigenvalue weighted by molar-refractivity contribution is 7.80. The van der Waals surface area contributed by atoms with E-state index in [4.69, 9.17) is 17.2 Å². The fraction of sp³-hybridized carbons (Fsp3) is 0.348. The summed E-state index contributed by atoms with van der Waals surface area (Å²) < 4.78 is 0. The number of nitrogens with two attached hydrogens (primary N) is 3. The van der Waals surface area contributed by atoms with E-state index in [1.165, 1.54) is 6.92 Å². The van der Waals surface area contributed by atoms with Crippen molar-refractivity contribution in [2.24, 2.45) is 22.2 Å². The number of H-pyrrole nitrogens is 2. The molecule has 0 aliphatic carbocycles. The summed E-state index contributed by atoms with van der Waals surface area (Å²) >= 11 is 8.13. The van der Waals surface area contributed by atoms with E-state index in [1.54, 1.807) is 42.7 Å². The SMILES string of the molecule is C[C@@H](NC(=O)[C@@H](N)CS)C(=O)N[C@@H](Cc1c[nH]c2ccccc12)C(=O)N[C@H](Cc1ccccc1)C(=O)N[C@@H](CCCN=C(N)N)C(=O)N[C@@H](Cc1c[nH]c2ccccc12)C(=O)N[C@@H](CS)C(=O)O. The van der Waals surface area contributed by atoms with Crippen molar-refractivity contribution >= 4 is 94.4 Å². The molecule has 7 atom stereocenters. The van der Waals surface area contributed by atoms with Crippen molar-refractivity contribution in [3.8, 4) is 0 Å². The van der Waals surface area contributed by atoms with Gasteiger partial charge in [0.15, 0.2) is 5.96 Å². The van der Waals surface area contributed by atoms with Gasteiger partial charge in [-0.3, -0.25) is 33.8 Å². The van der Waals surface area contributed by atoms with Gasteiger partial charge in [0.1, 0.15) is 36.3 Å². The van der Waals surface area contributed by atoms with E-state index in [-0.39, 0.29) is 56.1 Å². The molecule has 0 saturated heterocycles. The number of nitrogens with zero attached hydrogens (tertiary/aromatic N) is 1. The van der Waals surface area contributed by atoms with Crippen LogP contribution in [0.3, 0.4) is 0 Å². The summed E-state index contributed by atoms with van der Waals surface area (Å²) in [6, 6.07) is 14.6. The summed E-state index contributed by atoms with van der Waals surface area (Å²) in [7, 11) is 0. The molecule has 5 rings (SSSR count). The van der Waals surface area contributed by atoms with Gasteiger partial charge >= 0.3 is 5.97 Å². The maximum absolute atomic E-state index is 14.6. The number of benzene rings is 3. The lowest BCUT2D eigenvalue weighted by Gasteiger charge is -2.27. The molecule has 0 radical (unpaired) electrons. The number of fused-ring (bicyclic) bond motifs is 2. The highest BCUT2D eigenvalue weighted by Gasteiger charge is 2.34. The molecule has 3 aromatic carbocycles. The van der Waals surface area contributed by atoms with Gasteiger partial charge in [0.2, 0.25) is 35.4 Å². The van der Waals surface area contributed by atoms with E-state index in [2.05, 4.69) is 72.1 Å². The summed E-state index contributed by atoms with van der Waals surface area (Å²) in [5.41, 5.74) is 20.4. The normalized spacial score (nSPS) is 14.2. The van der Waals surface area contributed by atoms with E-state index in [9.17, 15) is 38.7 Å². The molecule has 0 spiro atoms. The highest BCUT2D eigenvalue weighted by Crippen LogP contribution is 2.21. The minimum Gasteiger partial charge on any atom is -0.480 e. The van der Waals surface area contributed by atoms with Crippen molar-refractivity contribution in [3.63, 3.8) is 0 Å². The number of aromatic nitrogens is 2. The molecule has 0 fully saturated rings. The average Bonchev–Trinajstić information content (AvgIpc) is 3.94. The van der Waals surface area contributed by atoms with Crippen LogP contribution in [-0.4, -0.2) is 123 Å². The second-order valence-electron chi connectivity index (χ2n) is 16.1. The molecule has 0 aliphatic heterocycles. The Morgan fingerprint density at radius 2 is 1.04 bits per heavy atom. The van der Waals surface area contributed by atoms with Gasteiger partial charge in [0.05, 0.1) is 6.04 Å². The van der Waals surface area contributed by atoms with Gasteiger partial charge in [0, 0.05) is 71.5 Å². The van der Waals surface area contributed by atoms with Crippen molar-refractivity contribution in [2.45, 2.75) is 81.3 Å². The molecule has 22 heteroatoms. The van der Waals surface area contributed by atoms with E-state index in [1.807, 2.05) is 48.5 Å². The predicted molar refractivity (Wildman–Crippen MR) is 265 cm³/mol. The van der Waals surface area contributed by atoms with Crippen LogP contribution in [0.15, 0.2) is 96.2 Å². The fourth-order valence-electron chi connectivity index (χ4n) is 7.33. The molecule has 15 N–H and O–H groups in total. The molecule has 0 bridgehead atoms. The maximum atomic E-state index is 14.6. The molecule has 2 heterocycles. The number of carbonyl (C=O) groups is 7. The molecule has 5 aromatic rings. The van der Waals surface area contributed by atoms with Crippen molar-refractivity contribution < 1.29 is 38.7 Å². The first kappa shape index (κ1) is 51.9. The number of aliphatic carboxylic acids is 1. The van der Waals surface area contributed by atoms with E-state index < -0.39 is 83.7 Å². The summed E-state index contributed by atoms with van der Waals surface area (Å²) in [6.45, 7) is 1.51. The molecule has 0 aliphatic rings. The van der Waals surface area contributed by atoms with Crippen LogP contribution in [0.4, 0.5) is 0 Å². The number of carboxylic acids is 1. The number of para-hydroxylation sites is 2. The number of aliphatic imine (C=N–C) groups is 1. The standard InChI is InChI=1S/C46H58N12O8S2/c1-25(53-40(60)31(47)23-67)39(59)55-36(19-27-21-51-32-14-7-5-12-29(27)32)43(63)56-35(18-26-10-3-2-4-11-26)42(62)54-34(16-9-17-50-46(48)49)41(61)57-37(44(64)58-38(24-68)45(65)66)20-28-22-52-33-15-8-6-13-30(28)33/h2-8,10-15,21-22,25,31,34-38,51-52,67-68H,9,16-20,23-24,47H2,1H3,(H,53,60)(H,54,62)(H,55,59)(H,56,63)(H,57,61)(H,58,64)(H,65,66)(H4,48,49,50)/t25-,31+,34+,35-,36+,37+,38+/m1/s1. The number of rotatable bonds is 25.